The van der Waals surface area contributed by atoms with Crippen molar-refractivity contribution in [3.05, 3.63) is 29.8 Å². The molecule has 1 aromatic rings. The third-order valence-corrected chi connectivity index (χ3v) is 4.11. The van der Waals surface area contributed by atoms with E-state index in [0.717, 1.165) is 25.1 Å². The summed E-state index contributed by atoms with van der Waals surface area (Å²) >= 11 is 0. The Bertz CT molecular complexity index is 467. The molecule has 1 aromatic carbocycles. The van der Waals surface area contributed by atoms with Crippen molar-refractivity contribution in [1.82, 2.24) is 10.0 Å². The van der Waals surface area contributed by atoms with Crippen LogP contribution in [0.25, 0.3) is 0 Å². The van der Waals surface area contributed by atoms with E-state index in [1.165, 1.54) is 0 Å². The van der Waals surface area contributed by atoms with Crippen LogP contribution in [0.15, 0.2) is 29.2 Å². The van der Waals surface area contributed by atoms with E-state index >= 15 is 0 Å². The minimum Gasteiger partial charge on any atom is -0.313 e. The first-order valence-electron chi connectivity index (χ1n) is 6.75. The molecular formula is C14H24N2O2S. The van der Waals surface area contributed by atoms with Gasteiger partial charge in [-0.1, -0.05) is 32.9 Å². The highest BCUT2D eigenvalue weighted by Gasteiger charge is 2.13. The van der Waals surface area contributed by atoms with E-state index in [2.05, 4.69) is 17.0 Å². The molecule has 19 heavy (non-hydrogen) atoms. The molecule has 108 valence electrons. The fraction of sp³-hybridized carbons (Fsp3) is 0.571. The normalized spacial score (nSPS) is 12.0. The Kier molecular flexibility index (Phi) is 6.48. The van der Waals surface area contributed by atoms with Gasteiger partial charge < -0.3 is 5.32 Å². The van der Waals surface area contributed by atoms with E-state index in [1.54, 1.807) is 12.1 Å². The molecule has 0 bridgehead atoms. The third-order valence-electron chi connectivity index (χ3n) is 2.67. The molecule has 5 heteroatoms. The molecule has 0 saturated carbocycles. The molecule has 0 saturated heterocycles. The van der Waals surface area contributed by atoms with Gasteiger partial charge in [0.1, 0.15) is 0 Å². The van der Waals surface area contributed by atoms with Gasteiger partial charge in [0.2, 0.25) is 10.0 Å². The van der Waals surface area contributed by atoms with Gasteiger partial charge in [-0.2, -0.15) is 0 Å². The Hall–Kier alpha value is -0.910. The van der Waals surface area contributed by atoms with Crippen molar-refractivity contribution in [2.45, 2.75) is 38.6 Å². The van der Waals surface area contributed by atoms with Crippen LogP contribution in [0, 0.1) is 5.92 Å². The molecule has 0 aliphatic rings. The van der Waals surface area contributed by atoms with Crippen LogP contribution in [0.5, 0.6) is 0 Å². The summed E-state index contributed by atoms with van der Waals surface area (Å²) in [6, 6.07) is 7.02. The van der Waals surface area contributed by atoms with Gasteiger partial charge in [0.25, 0.3) is 0 Å². The molecule has 1 rings (SSSR count). The first kappa shape index (κ1) is 16.1. The van der Waals surface area contributed by atoms with Crippen molar-refractivity contribution in [3.63, 3.8) is 0 Å². The second-order valence-electron chi connectivity index (χ2n) is 5.07. The quantitative estimate of drug-likeness (QED) is 0.719. The third kappa shape index (κ3) is 5.72. The van der Waals surface area contributed by atoms with Crippen LogP contribution < -0.4 is 10.0 Å². The van der Waals surface area contributed by atoms with Crippen LogP contribution in [-0.4, -0.2) is 21.5 Å². The Morgan fingerprint density at radius 3 is 2.32 bits per heavy atom. The minimum atomic E-state index is -3.37. The number of sulfonamides is 1. The summed E-state index contributed by atoms with van der Waals surface area (Å²) in [5.41, 5.74) is 1.09. The molecule has 0 spiro atoms. The van der Waals surface area contributed by atoms with Crippen LogP contribution in [0.2, 0.25) is 0 Å². The Morgan fingerprint density at radius 2 is 1.79 bits per heavy atom. The van der Waals surface area contributed by atoms with E-state index in [9.17, 15) is 8.42 Å². The molecule has 0 amide bonds. The summed E-state index contributed by atoms with van der Waals surface area (Å²) in [4.78, 5) is 0.326. The van der Waals surface area contributed by atoms with Crippen molar-refractivity contribution in [3.8, 4) is 0 Å². The number of rotatable bonds is 8. The van der Waals surface area contributed by atoms with Gasteiger partial charge >= 0.3 is 0 Å². The Labute approximate surface area is 116 Å². The second kappa shape index (κ2) is 7.62. The Balaban J connectivity index is 2.64. The number of nitrogens with one attached hydrogen (secondary N) is 2. The van der Waals surface area contributed by atoms with Crippen LogP contribution in [0.4, 0.5) is 0 Å². The molecule has 0 aliphatic heterocycles. The maximum Gasteiger partial charge on any atom is 0.240 e. The van der Waals surface area contributed by atoms with Crippen molar-refractivity contribution >= 4 is 10.0 Å². The SMILES string of the molecule is CCCNCc1ccc(S(=O)(=O)NCC(C)C)cc1. The maximum absolute atomic E-state index is 12.0. The van der Waals surface area contributed by atoms with Gasteiger partial charge in [0, 0.05) is 13.1 Å². The fourth-order valence-electron chi connectivity index (χ4n) is 1.56. The first-order valence-corrected chi connectivity index (χ1v) is 8.23. The van der Waals surface area contributed by atoms with Gasteiger partial charge in [-0.3, -0.25) is 0 Å². The number of hydrogen-bond donors (Lipinski definition) is 2. The lowest BCUT2D eigenvalue weighted by Crippen LogP contribution is -2.27. The summed E-state index contributed by atoms with van der Waals surface area (Å²) < 4.78 is 26.6. The van der Waals surface area contributed by atoms with Crippen LogP contribution in [-0.2, 0) is 16.6 Å². The van der Waals surface area contributed by atoms with Gasteiger partial charge in [0.15, 0.2) is 0 Å². The smallest absolute Gasteiger partial charge is 0.240 e. The van der Waals surface area contributed by atoms with Gasteiger partial charge in [-0.15, -0.1) is 0 Å². The average molecular weight is 284 g/mol. The van der Waals surface area contributed by atoms with Gasteiger partial charge in [-0.05, 0) is 36.6 Å². The van der Waals surface area contributed by atoms with Crippen LogP contribution >= 0.6 is 0 Å². The second-order valence-corrected chi connectivity index (χ2v) is 6.83. The highest BCUT2D eigenvalue weighted by Crippen LogP contribution is 2.10. The predicted molar refractivity (Wildman–Crippen MR) is 78.5 cm³/mol. The molecule has 0 heterocycles. The zero-order valence-corrected chi connectivity index (χ0v) is 12.8. The van der Waals surface area contributed by atoms with E-state index in [-0.39, 0.29) is 0 Å². The summed E-state index contributed by atoms with van der Waals surface area (Å²) in [5.74, 6) is 0.298. The summed E-state index contributed by atoms with van der Waals surface area (Å²) in [6.07, 6.45) is 1.09. The standard InChI is InChI=1S/C14H24N2O2S/c1-4-9-15-11-13-5-7-14(8-6-13)19(17,18)16-10-12(2)3/h5-8,12,15-16H,4,9-11H2,1-3H3. The number of hydrogen-bond acceptors (Lipinski definition) is 3. The first-order chi connectivity index (χ1) is 8.95. The van der Waals surface area contributed by atoms with Crippen molar-refractivity contribution in [2.24, 2.45) is 5.92 Å². The van der Waals surface area contributed by atoms with Crippen molar-refractivity contribution in [2.75, 3.05) is 13.1 Å². The molecular weight excluding hydrogens is 260 g/mol. The van der Waals surface area contributed by atoms with Gasteiger partial charge in [-0.25, -0.2) is 13.1 Å². The van der Waals surface area contributed by atoms with E-state index in [1.807, 2.05) is 26.0 Å². The molecule has 2 N–H and O–H groups in total. The summed E-state index contributed by atoms with van der Waals surface area (Å²) in [5, 5.41) is 3.28. The van der Waals surface area contributed by atoms with E-state index < -0.39 is 10.0 Å². The average Bonchev–Trinajstić information content (AvgIpc) is 2.37. The molecule has 0 radical (unpaired) electrons. The molecule has 0 aliphatic carbocycles. The molecule has 0 fully saturated rings. The lowest BCUT2D eigenvalue weighted by molar-refractivity contribution is 0.560. The molecule has 4 nitrogen and oxygen atoms in total. The molecule has 0 aromatic heterocycles. The van der Waals surface area contributed by atoms with E-state index in [0.29, 0.717) is 17.4 Å². The van der Waals surface area contributed by atoms with Crippen LogP contribution in [0.3, 0.4) is 0 Å². The highest BCUT2D eigenvalue weighted by atomic mass is 32.2. The number of benzene rings is 1. The van der Waals surface area contributed by atoms with Gasteiger partial charge in [0.05, 0.1) is 4.90 Å². The fourth-order valence-corrected chi connectivity index (χ4v) is 2.77. The van der Waals surface area contributed by atoms with Crippen LogP contribution in [0.1, 0.15) is 32.8 Å². The summed E-state index contributed by atoms with van der Waals surface area (Å²) in [6.45, 7) is 8.27. The van der Waals surface area contributed by atoms with Crippen molar-refractivity contribution in [1.29, 1.82) is 0 Å². The lowest BCUT2D eigenvalue weighted by atomic mass is 10.2. The van der Waals surface area contributed by atoms with E-state index in [4.69, 9.17) is 0 Å². The van der Waals surface area contributed by atoms with Crippen molar-refractivity contribution < 1.29 is 8.42 Å². The Morgan fingerprint density at radius 1 is 1.16 bits per heavy atom. The minimum absolute atomic E-state index is 0.298. The summed E-state index contributed by atoms with van der Waals surface area (Å²) in [7, 11) is -3.37. The predicted octanol–water partition coefficient (Wildman–Crippen LogP) is 2.12. The lowest BCUT2D eigenvalue weighted by Gasteiger charge is -2.09. The largest absolute Gasteiger partial charge is 0.313 e. The molecule has 0 unspecified atom stereocenters. The zero-order chi connectivity index (χ0) is 14.3. The maximum atomic E-state index is 12.0. The molecule has 0 atom stereocenters. The zero-order valence-electron chi connectivity index (χ0n) is 11.9. The highest BCUT2D eigenvalue weighted by molar-refractivity contribution is 7.89. The topological polar surface area (TPSA) is 58.2 Å². The monoisotopic (exact) mass is 284 g/mol.